The van der Waals surface area contributed by atoms with Crippen molar-refractivity contribution in [2.45, 2.75) is 20.3 Å². The Kier molecular flexibility index (Phi) is 2.67. The molecule has 0 unspecified atom stereocenters. The molecule has 0 aliphatic carbocycles. The molecule has 92 valence electrons. The first-order valence-corrected chi connectivity index (χ1v) is 6.84. The Morgan fingerprint density at radius 2 is 2.11 bits per heavy atom. The lowest BCUT2D eigenvalue weighted by Crippen LogP contribution is -1.91. The van der Waals surface area contributed by atoms with Crippen LogP contribution in [0.25, 0.3) is 10.9 Å². The van der Waals surface area contributed by atoms with Gasteiger partial charge in [0.05, 0.1) is 16.7 Å². The van der Waals surface area contributed by atoms with Gasteiger partial charge in [0.1, 0.15) is 0 Å². The van der Waals surface area contributed by atoms with Crippen LogP contribution in [0.1, 0.15) is 21.8 Å². The Bertz CT molecular complexity index is 709. The zero-order valence-electron chi connectivity index (χ0n) is 10.8. The summed E-state index contributed by atoms with van der Waals surface area (Å²) in [4.78, 5) is 5.63. The second kappa shape index (κ2) is 4.21. The third-order valence-electron chi connectivity index (χ3n) is 3.40. The number of fused-ring (bicyclic) bond motifs is 1. The molecular formula is C14H15N3S. The summed E-state index contributed by atoms with van der Waals surface area (Å²) in [5.41, 5.74) is 6.64. The fourth-order valence-electron chi connectivity index (χ4n) is 2.17. The molecule has 2 heterocycles. The Morgan fingerprint density at radius 3 is 2.83 bits per heavy atom. The molecule has 0 aliphatic heterocycles. The van der Waals surface area contributed by atoms with E-state index in [1.54, 1.807) is 11.3 Å². The molecule has 3 rings (SSSR count). The SMILES string of the molecule is Cc1ncsc1Cc1ccc2c(C)n(C)nc2c1. The van der Waals surface area contributed by atoms with Crippen LogP contribution in [0.4, 0.5) is 0 Å². The third kappa shape index (κ3) is 1.82. The molecular weight excluding hydrogens is 242 g/mol. The first kappa shape index (κ1) is 11.4. The van der Waals surface area contributed by atoms with E-state index in [0.29, 0.717) is 0 Å². The van der Waals surface area contributed by atoms with Crippen LogP contribution in [0.2, 0.25) is 0 Å². The van der Waals surface area contributed by atoms with Gasteiger partial charge in [-0.3, -0.25) is 4.68 Å². The van der Waals surface area contributed by atoms with E-state index in [-0.39, 0.29) is 0 Å². The number of aryl methyl sites for hydroxylation is 3. The van der Waals surface area contributed by atoms with Gasteiger partial charge in [-0.2, -0.15) is 5.10 Å². The Labute approximate surface area is 110 Å². The van der Waals surface area contributed by atoms with Gasteiger partial charge < -0.3 is 0 Å². The van der Waals surface area contributed by atoms with Gasteiger partial charge in [-0.05, 0) is 25.5 Å². The van der Waals surface area contributed by atoms with Crippen LogP contribution in [0, 0.1) is 13.8 Å². The number of thiazole rings is 1. The van der Waals surface area contributed by atoms with Gasteiger partial charge in [0, 0.05) is 29.4 Å². The summed E-state index contributed by atoms with van der Waals surface area (Å²) >= 11 is 1.72. The number of hydrogen-bond acceptors (Lipinski definition) is 3. The van der Waals surface area contributed by atoms with Crippen molar-refractivity contribution in [2.75, 3.05) is 0 Å². The smallest absolute Gasteiger partial charge is 0.0928 e. The first-order valence-electron chi connectivity index (χ1n) is 5.96. The lowest BCUT2D eigenvalue weighted by molar-refractivity contribution is 0.751. The molecule has 0 saturated heterocycles. The topological polar surface area (TPSA) is 30.7 Å². The maximum Gasteiger partial charge on any atom is 0.0928 e. The van der Waals surface area contributed by atoms with E-state index in [9.17, 15) is 0 Å². The normalized spacial score (nSPS) is 11.3. The van der Waals surface area contributed by atoms with E-state index < -0.39 is 0 Å². The van der Waals surface area contributed by atoms with Crippen molar-refractivity contribution >= 4 is 22.2 Å². The lowest BCUT2D eigenvalue weighted by Gasteiger charge is -2.00. The molecule has 0 aliphatic rings. The van der Waals surface area contributed by atoms with Crippen LogP contribution < -0.4 is 0 Å². The van der Waals surface area contributed by atoms with E-state index in [1.165, 1.54) is 21.5 Å². The predicted octanol–water partition coefficient (Wildman–Crippen LogP) is 3.24. The average Bonchev–Trinajstić information content (AvgIpc) is 2.86. The quantitative estimate of drug-likeness (QED) is 0.705. The fourth-order valence-corrected chi connectivity index (χ4v) is 2.98. The fraction of sp³-hybridized carbons (Fsp3) is 0.286. The standard InChI is InChI=1S/C14H15N3S/c1-9-14(18-8-15-9)7-11-4-5-12-10(2)17(3)16-13(12)6-11/h4-6,8H,7H2,1-3H3. The van der Waals surface area contributed by atoms with Crippen molar-refractivity contribution in [3.8, 4) is 0 Å². The Balaban J connectivity index is 2.01. The number of nitrogens with zero attached hydrogens (tertiary/aromatic N) is 3. The van der Waals surface area contributed by atoms with E-state index in [0.717, 1.165) is 17.6 Å². The summed E-state index contributed by atoms with van der Waals surface area (Å²) in [6, 6.07) is 6.54. The molecule has 18 heavy (non-hydrogen) atoms. The van der Waals surface area contributed by atoms with Gasteiger partial charge >= 0.3 is 0 Å². The minimum atomic E-state index is 0.946. The zero-order valence-corrected chi connectivity index (χ0v) is 11.6. The number of hydrogen-bond donors (Lipinski definition) is 0. The summed E-state index contributed by atoms with van der Waals surface area (Å²) in [6.07, 6.45) is 0.946. The van der Waals surface area contributed by atoms with Gasteiger partial charge in [-0.25, -0.2) is 4.98 Å². The summed E-state index contributed by atoms with van der Waals surface area (Å²) in [7, 11) is 1.99. The molecule has 0 spiro atoms. The maximum absolute atomic E-state index is 4.53. The Hall–Kier alpha value is -1.68. The van der Waals surface area contributed by atoms with Crippen LogP contribution in [0.3, 0.4) is 0 Å². The van der Waals surface area contributed by atoms with E-state index >= 15 is 0 Å². The Morgan fingerprint density at radius 1 is 1.28 bits per heavy atom. The summed E-state index contributed by atoms with van der Waals surface area (Å²) in [5.74, 6) is 0. The largest absolute Gasteiger partial charge is 0.272 e. The summed E-state index contributed by atoms with van der Waals surface area (Å²) < 4.78 is 1.94. The van der Waals surface area contributed by atoms with Crippen LogP contribution in [0.15, 0.2) is 23.7 Å². The second-order valence-corrected chi connectivity index (χ2v) is 5.54. The van der Waals surface area contributed by atoms with Gasteiger partial charge in [-0.15, -0.1) is 11.3 Å². The highest BCUT2D eigenvalue weighted by molar-refractivity contribution is 7.09. The highest BCUT2D eigenvalue weighted by Crippen LogP contribution is 2.22. The molecule has 3 nitrogen and oxygen atoms in total. The van der Waals surface area contributed by atoms with Gasteiger partial charge in [0.15, 0.2) is 0 Å². The number of aromatic nitrogens is 3. The van der Waals surface area contributed by atoms with Crippen LogP contribution in [-0.2, 0) is 13.5 Å². The average molecular weight is 257 g/mol. The molecule has 0 saturated carbocycles. The van der Waals surface area contributed by atoms with E-state index in [2.05, 4.69) is 42.1 Å². The molecule has 3 aromatic rings. The van der Waals surface area contributed by atoms with Gasteiger partial charge in [0.2, 0.25) is 0 Å². The van der Waals surface area contributed by atoms with Crippen molar-refractivity contribution in [2.24, 2.45) is 7.05 Å². The van der Waals surface area contributed by atoms with Crippen molar-refractivity contribution < 1.29 is 0 Å². The maximum atomic E-state index is 4.53. The zero-order chi connectivity index (χ0) is 12.7. The molecule has 0 bridgehead atoms. The number of benzene rings is 1. The summed E-state index contributed by atoms with van der Waals surface area (Å²) in [5, 5.41) is 5.77. The second-order valence-electron chi connectivity index (χ2n) is 4.60. The molecule has 0 amide bonds. The van der Waals surface area contributed by atoms with Crippen molar-refractivity contribution in [1.82, 2.24) is 14.8 Å². The monoisotopic (exact) mass is 257 g/mol. The van der Waals surface area contributed by atoms with Crippen LogP contribution in [-0.4, -0.2) is 14.8 Å². The molecule has 0 fully saturated rings. The predicted molar refractivity (Wildman–Crippen MR) is 75.1 cm³/mol. The third-order valence-corrected chi connectivity index (χ3v) is 4.34. The molecule has 0 N–H and O–H groups in total. The van der Waals surface area contributed by atoms with Crippen molar-refractivity contribution in [3.63, 3.8) is 0 Å². The van der Waals surface area contributed by atoms with Crippen LogP contribution in [0.5, 0.6) is 0 Å². The van der Waals surface area contributed by atoms with Crippen molar-refractivity contribution in [1.29, 1.82) is 0 Å². The molecule has 0 atom stereocenters. The molecule has 2 aromatic heterocycles. The summed E-state index contributed by atoms with van der Waals surface area (Å²) in [6.45, 7) is 4.16. The lowest BCUT2D eigenvalue weighted by atomic mass is 10.1. The first-order chi connectivity index (χ1) is 8.65. The molecule has 0 radical (unpaired) electrons. The number of rotatable bonds is 2. The highest BCUT2D eigenvalue weighted by Gasteiger charge is 2.07. The highest BCUT2D eigenvalue weighted by atomic mass is 32.1. The van der Waals surface area contributed by atoms with Crippen LogP contribution >= 0.6 is 11.3 Å². The van der Waals surface area contributed by atoms with Gasteiger partial charge in [0.25, 0.3) is 0 Å². The van der Waals surface area contributed by atoms with Gasteiger partial charge in [-0.1, -0.05) is 12.1 Å². The minimum Gasteiger partial charge on any atom is -0.272 e. The van der Waals surface area contributed by atoms with Crippen molar-refractivity contribution in [3.05, 3.63) is 45.5 Å². The van der Waals surface area contributed by atoms with E-state index in [1.807, 2.05) is 17.2 Å². The van der Waals surface area contributed by atoms with E-state index in [4.69, 9.17) is 0 Å². The molecule has 1 aromatic carbocycles. The minimum absolute atomic E-state index is 0.946. The molecule has 4 heteroatoms.